The van der Waals surface area contributed by atoms with Gasteiger partial charge in [0, 0.05) is 13.1 Å². The lowest BCUT2D eigenvalue weighted by Gasteiger charge is -2.39. The molecule has 1 aliphatic heterocycles. The molecule has 0 radical (unpaired) electrons. The fourth-order valence-corrected chi connectivity index (χ4v) is 1.31. The van der Waals surface area contributed by atoms with Crippen LogP contribution in [0.2, 0.25) is 0 Å². The SMILES string of the molecule is CC1(OCC(=O)N(CC#N)CC#N)CNC1. The molecule has 1 rings (SSSR count). The zero-order valence-corrected chi connectivity index (χ0v) is 9.19. The van der Waals surface area contributed by atoms with E-state index >= 15 is 0 Å². The summed E-state index contributed by atoms with van der Waals surface area (Å²) in [6, 6.07) is 3.69. The fourth-order valence-electron chi connectivity index (χ4n) is 1.31. The Morgan fingerprint density at radius 2 is 2.00 bits per heavy atom. The largest absolute Gasteiger partial charge is 0.363 e. The predicted molar refractivity (Wildman–Crippen MR) is 55.0 cm³/mol. The molecular weight excluding hydrogens is 208 g/mol. The van der Waals surface area contributed by atoms with Crippen LogP contribution in [0.5, 0.6) is 0 Å². The average molecular weight is 222 g/mol. The number of rotatable bonds is 5. The Labute approximate surface area is 94.4 Å². The van der Waals surface area contributed by atoms with Crippen LogP contribution in [0, 0.1) is 22.7 Å². The first-order valence-electron chi connectivity index (χ1n) is 4.98. The maximum absolute atomic E-state index is 11.6. The molecule has 0 bridgehead atoms. The number of hydrogen-bond acceptors (Lipinski definition) is 5. The van der Waals surface area contributed by atoms with Crippen LogP contribution >= 0.6 is 0 Å². The van der Waals surface area contributed by atoms with Crippen molar-refractivity contribution in [2.24, 2.45) is 0 Å². The Hall–Kier alpha value is -1.63. The summed E-state index contributed by atoms with van der Waals surface area (Å²) < 4.78 is 5.43. The lowest BCUT2D eigenvalue weighted by molar-refractivity contribution is -0.144. The first-order valence-corrected chi connectivity index (χ1v) is 4.98. The number of nitrogens with one attached hydrogen (secondary N) is 1. The third-order valence-electron chi connectivity index (χ3n) is 2.42. The van der Waals surface area contributed by atoms with Gasteiger partial charge in [-0.2, -0.15) is 10.5 Å². The molecule has 0 saturated carbocycles. The number of hydrogen-bond donors (Lipinski definition) is 1. The molecule has 1 heterocycles. The molecule has 16 heavy (non-hydrogen) atoms. The summed E-state index contributed by atoms with van der Waals surface area (Å²) in [6.45, 7) is 3.11. The predicted octanol–water partition coefficient (Wildman–Crippen LogP) is -0.759. The Morgan fingerprint density at radius 3 is 2.38 bits per heavy atom. The fraction of sp³-hybridized carbons (Fsp3) is 0.700. The van der Waals surface area contributed by atoms with Crippen LogP contribution < -0.4 is 5.32 Å². The highest BCUT2D eigenvalue weighted by Gasteiger charge is 2.33. The van der Waals surface area contributed by atoms with Gasteiger partial charge >= 0.3 is 0 Å². The maximum atomic E-state index is 11.6. The number of nitrogens with zero attached hydrogens (tertiary/aromatic N) is 3. The topological polar surface area (TPSA) is 89.2 Å². The first kappa shape index (κ1) is 12.4. The second kappa shape index (κ2) is 5.45. The lowest BCUT2D eigenvalue weighted by atomic mass is 10.0. The van der Waals surface area contributed by atoms with Gasteiger partial charge in [-0.15, -0.1) is 0 Å². The number of carbonyl (C=O) groups is 1. The monoisotopic (exact) mass is 222 g/mol. The van der Waals surface area contributed by atoms with E-state index in [-0.39, 0.29) is 31.2 Å². The molecule has 0 aromatic heterocycles. The Kier molecular flexibility index (Phi) is 4.24. The van der Waals surface area contributed by atoms with Crippen molar-refractivity contribution in [3.05, 3.63) is 0 Å². The molecule has 0 aromatic carbocycles. The molecule has 0 atom stereocenters. The minimum absolute atomic E-state index is 0.0787. The van der Waals surface area contributed by atoms with Gasteiger partial charge < -0.3 is 15.0 Å². The maximum Gasteiger partial charge on any atom is 0.250 e. The van der Waals surface area contributed by atoms with Crippen molar-refractivity contribution >= 4 is 5.91 Å². The molecule has 0 spiro atoms. The van der Waals surface area contributed by atoms with E-state index in [9.17, 15) is 4.79 Å². The average Bonchev–Trinajstić information content (AvgIpc) is 2.23. The summed E-state index contributed by atoms with van der Waals surface area (Å²) in [7, 11) is 0. The summed E-state index contributed by atoms with van der Waals surface area (Å²) in [5.74, 6) is -0.323. The minimum atomic E-state index is -0.323. The summed E-state index contributed by atoms with van der Waals surface area (Å²) in [5, 5.41) is 20.0. The third kappa shape index (κ3) is 3.20. The van der Waals surface area contributed by atoms with Crippen molar-refractivity contribution in [3.63, 3.8) is 0 Å². The van der Waals surface area contributed by atoms with Gasteiger partial charge in [-0.05, 0) is 6.92 Å². The van der Waals surface area contributed by atoms with Crippen molar-refractivity contribution in [1.82, 2.24) is 10.2 Å². The number of amides is 1. The van der Waals surface area contributed by atoms with Crippen LogP contribution in [0.3, 0.4) is 0 Å². The molecule has 1 saturated heterocycles. The van der Waals surface area contributed by atoms with E-state index in [0.29, 0.717) is 0 Å². The molecule has 0 unspecified atom stereocenters. The molecule has 6 heteroatoms. The third-order valence-corrected chi connectivity index (χ3v) is 2.42. The van der Waals surface area contributed by atoms with E-state index in [2.05, 4.69) is 5.32 Å². The van der Waals surface area contributed by atoms with Gasteiger partial charge in [0.25, 0.3) is 0 Å². The van der Waals surface area contributed by atoms with Crippen LogP contribution in [0.1, 0.15) is 6.92 Å². The number of ether oxygens (including phenoxy) is 1. The normalized spacial score (nSPS) is 16.7. The molecule has 1 amide bonds. The van der Waals surface area contributed by atoms with E-state index in [1.165, 1.54) is 4.90 Å². The lowest BCUT2D eigenvalue weighted by Crippen LogP contribution is -2.59. The standard InChI is InChI=1S/C10H14N4O2/c1-10(7-13-8-10)16-6-9(15)14(4-2-11)5-3-12/h13H,4-8H2,1H3. The smallest absolute Gasteiger partial charge is 0.250 e. The highest BCUT2D eigenvalue weighted by molar-refractivity contribution is 5.78. The molecule has 1 N–H and O–H groups in total. The summed E-state index contributed by atoms with van der Waals surface area (Å²) in [4.78, 5) is 12.8. The molecule has 6 nitrogen and oxygen atoms in total. The number of carbonyl (C=O) groups excluding carboxylic acids is 1. The summed E-state index contributed by atoms with van der Waals surface area (Å²) in [6.07, 6.45) is 0. The van der Waals surface area contributed by atoms with Crippen molar-refractivity contribution in [2.75, 3.05) is 32.8 Å². The van der Waals surface area contributed by atoms with E-state index in [4.69, 9.17) is 15.3 Å². The van der Waals surface area contributed by atoms with Gasteiger partial charge in [0.15, 0.2) is 0 Å². The first-order chi connectivity index (χ1) is 7.61. The highest BCUT2D eigenvalue weighted by atomic mass is 16.5. The van der Waals surface area contributed by atoms with Crippen LogP contribution in [-0.4, -0.2) is 49.2 Å². The van der Waals surface area contributed by atoms with E-state index in [1.807, 2.05) is 19.1 Å². The van der Waals surface area contributed by atoms with Crippen molar-refractivity contribution in [2.45, 2.75) is 12.5 Å². The second-order valence-electron chi connectivity index (χ2n) is 3.91. The molecule has 0 aromatic rings. The van der Waals surface area contributed by atoms with E-state index in [1.54, 1.807) is 0 Å². The zero-order valence-electron chi connectivity index (χ0n) is 9.19. The second-order valence-corrected chi connectivity index (χ2v) is 3.91. The highest BCUT2D eigenvalue weighted by Crippen LogP contribution is 2.14. The van der Waals surface area contributed by atoms with Gasteiger partial charge in [-0.1, -0.05) is 0 Å². The van der Waals surface area contributed by atoms with Gasteiger partial charge in [-0.3, -0.25) is 4.79 Å². The minimum Gasteiger partial charge on any atom is -0.363 e. The quantitative estimate of drug-likeness (QED) is 0.618. The van der Waals surface area contributed by atoms with Crippen molar-refractivity contribution < 1.29 is 9.53 Å². The van der Waals surface area contributed by atoms with Crippen LogP contribution in [0.4, 0.5) is 0 Å². The van der Waals surface area contributed by atoms with Gasteiger partial charge in [0.2, 0.25) is 5.91 Å². The van der Waals surface area contributed by atoms with Crippen LogP contribution in [0.15, 0.2) is 0 Å². The van der Waals surface area contributed by atoms with Gasteiger partial charge in [0.1, 0.15) is 19.7 Å². The summed E-state index contributed by atoms with van der Waals surface area (Å²) >= 11 is 0. The zero-order chi connectivity index (χ0) is 12.0. The Bertz CT molecular complexity index is 322. The van der Waals surface area contributed by atoms with Gasteiger partial charge in [-0.25, -0.2) is 0 Å². The van der Waals surface area contributed by atoms with E-state index in [0.717, 1.165) is 13.1 Å². The molecule has 1 fully saturated rings. The number of nitriles is 2. The molecule has 1 aliphatic rings. The Morgan fingerprint density at radius 1 is 1.44 bits per heavy atom. The van der Waals surface area contributed by atoms with Crippen LogP contribution in [-0.2, 0) is 9.53 Å². The van der Waals surface area contributed by atoms with Crippen molar-refractivity contribution in [3.8, 4) is 12.1 Å². The molecule has 0 aliphatic carbocycles. The molecule has 86 valence electrons. The van der Waals surface area contributed by atoms with Crippen molar-refractivity contribution in [1.29, 1.82) is 10.5 Å². The summed E-state index contributed by atoms with van der Waals surface area (Å²) in [5.41, 5.74) is -0.291. The van der Waals surface area contributed by atoms with Crippen LogP contribution in [0.25, 0.3) is 0 Å². The molecular formula is C10H14N4O2. The van der Waals surface area contributed by atoms with Gasteiger partial charge in [0.05, 0.1) is 17.7 Å². The van der Waals surface area contributed by atoms with E-state index < -0.39 is 0 Å². The Balaban J connectivity index is 2.37.